The summed E-state index contributed by atoms with van der Waals surface area (Å²) in [5.41, 5.74) is 0.726. The van der Waals surface area contributed by atoms with Gasteiger partial charge in [-0.2, -0.15) is 0 Å². The van der Waals surface area contributed by atoms with Crippen molar-refractivity contribution >= 4 is 23.4 Å². The van der Waals surface area contributed by atoms with Gasteiger partial charge in [-0.05, 0) is 63.2 Å². The van der Waals surface area contributed by atoms with E-state index < -0.39 is 5.97 Å². The summed E-state index contributed by atoms with van der Waals surface area (Å²) in [5, 5.41) is 9.27. The summed E-state index contributed by atoms with van der Waals surface area (Å²) < 4.78 is 0. The molecule has 0 aliphatic carbocycles. The lowest BCUT2D eigenvalue weighted by atomic mass is 9.89. The number of Topliss-reactive ketones (excluding diaryl/α,β-unsaturated/α-hetero) is 1. The van der Waals surface area contributed by atoms with Crippen LogP contribution < -0.4 is 0 Å². The van der Waals surface area contributed by atoms with E-state index in [2.05, 4.69) is 4.90 Å². The topological polar surface area (TPSA) is 57.6 Å². The number of halogens is 1. The van der Waals surface area contributed by atoms with Crippen molar-refractivity contribution in [2.45, 2.75) is 25.7 Å². The van der Waals surface area contributed by atoms with Gasteiger partial charge in [-0.1, -0.05) is 11.6 Å². The van der Waals surface area contributed by atoms with Crippen LogP contribution >= 0.6 is 11.6 Å². The highest BCUT2D eigenvalue weighted by Crippen LogP contribution is 2.22. The summed E-state index contributed by atoms with van der Waals surface area (Å²) in [7, 11) is 0. The zero-order valence-electron chi connectivity index (χ0n) is 11.9. The van der Waals surface area contributed by atoms with Crippen molar-refractivity contribution in [2.75, 3.05) is 19.6 Å². The third-order valence-electron chi connectivity index (χ3n) is 3.95. The normalized spacial score (nSPS) is 16.8. The van der Waals surface area contributed by atoms with E-state index in [9.17, 15) is 9.59 Å². The Morgan fingerprint density at radius 1 is 1.19 bits per heavy atom. The quantitative estimate of drug-likeness (QED) is 0.820. The summed E-state index contributed by atoms with van der Waals surface area (Å²) in [5.74, 6) is -0.485. The Balaban J connectivity index is 1.79. The van der Waals surface area contributed by atoms with Crippen LogP contribution in [0.15, 0.2) is 24.3 Å². The van der Waals surface area contributed by atoms with Crippen molar-refractivity contribution in [1.82, 2.24) is 4.90 Å². The van der Waals surface area contributed by atoms with E-state index in [-0.39, 0.29) is 18.1 Å². The first kappa shape index (κ1) is 16.0. The van der Waals surface area contributed by atoms with Crippen molar-refractivity contribution in [1.29, 1.82) is 0 Å². The van der Waals surface area contributed by atoms with Crippen LogP contribution in [0.4, 0.5) is 0 Å². The van der Waals surface area contributed by atoms with Gasteiger partial charge in [0.15, 0.2) is 5.78 Å². The van der Waals surface area contributed by atoms with Crippen LogP contribution in [0.3, 0.4) is 0 Å². The SMILES string of the molecule is O=C(O)CCCN1CCC(C(=O)c2ccc(Cl)cc2)CC1. The molecule has 0 amide bonds. The molecular weight excluding hydrogens is 290 g/mol. The lowest BCUT2D eigenvalue weighted by Crippen LogP contribution is -2.37. The summed E-state index contributed by atoms with van der Waals surface area (Å²) in [6, 6.07) is 7.06. The summed E-state index contributed by atoms with van der Waals surface area (Å²) >= 11 is 5.83. The number of piperidine rings is 1. The van der Waals surface area contributed by atoms with Crippen molar-refractivity contribution in [2.24, 2.45) is 5.92 Å². The van der Waals surface area contributed by atoms with Gasteiger partial charge in [-0.25, -0.2) is 0 Å². The second-order valence-corrected chi connectivity index (χ2v) is 5.92. The minimum atomic E-state index is -0.747. The van der Waals surface area contributed by atoms with Gasteiger partial charge in [0, 0.05) is 22.9 Å². The Hall–Kier alpha value is -1.39. The number of carboxylic acid groups (broad SMARTS) is 1. The van der Waals surface area contributed by atoms with Gasteiger partial charge >= 0.3 is 5.97 Å². The molecule has 1 fully saturated rings. The Morgan fingerprint density at radius 3 is 2.38 bits per heavy atom. The van der Waals surface area contributed by atoms with E-state index in [1.165, 1.54) is 0 Å². The van der Waals surface area contributed by atoms with Crippen LogP contribution in [0.25, 0.3) is 0 Å². The molecule has 1 aliphatic heterocycles. The third kappa shape index (κ3) is 4.83. The molecule has 0 atom stereocenters. The first-order chi connectivity index (χ1) is 10.1. The van der Waals surface area contributed by atoms with Crippen molar-refractivity contribution in [3.63, 3.8) is 0 Å². The number of carboxylic acids is 1. The number of hydrogen-bond acceptors (Lipinski definition) is 3. The predicted octanol–water partition coefficient (Wildman–Crippen LogP) is 3.10. The summed E-state index contributed by atoms with van der Waals surface area (Å²) in [4.78, 5) is 25.1. The number of likely N-dealkylation sites (tertiary alicyclic amines) is 1. The number of ketones is 1. The first-order valence-corrected chi connectivity index (χ1v) is 7.68. The van der Waals surface area contributed by atoms with E-state index in [4.69, 9.17) is 16.7 Å². The molecule has 0 saturated carbocycles. The van der Waals surface area contributed by atoms with E-state index in [0.717, 1.165) is 38.0 Å². The summed E-state index contributed by atoms with van der Waals surface area (Å²) in [6.07, 6.45) is 2.57. The first-order valence-electron chi connectivity index (χ1n) is 7.30. The van der Waals surface area contributed by atoms with Crippen LogP contribution in [0.5, 0.6) is 0 Å². The van der Waals surface area contributed by atoms with Gasteiger partial charge in [0.2, 0.25) is 0 Å². The van der Waals surface area contributed by atoms with Gasteiger partial charge in [-0.15, -0.1) is 0 Å². The highest BCUT2D eigenvalue weighted by Gasteiger charge is 2.25. The maximum atomic E-state index is 12.4. The second kappa shape index (κ2) is 7.57. The second-order valence-electron chi connectivity index (χ2n) is 5.48. The molecule has 0 radical (unpaired) electrons. The highest BCUT2D eigenvalue weighted by molar-refractivity contribution is 6.30. The van der Waals surface area contributed by atoms with Crippen LogP contribution in [-0.2, 0) is 4.79 Å². The van der Waals surface area contributed by atoms with Crippen LogP contribution in [0.2, 0.25) is 5.02 Å². The maximum absolute atomic E-state index is 12.4. The fraction of sp³-hybridized carbons (Fsp3) is 0.500. The molecule has 1 N–H and O–H groups in total. The average Bonchev–Trinajstić information content (AvgIpc) is 2.48. The van der Waals surface area contributed by atoms with Crippen LogP contribution in [0.1, 0.15) is 36.0 Å². The molecule has 4 nitrogen and oxygen atoms in total. The van der Waals surface area contributed by atoms with E-state index >= 15 is 0 Å². The van der Waals surface area contributed by atoms with Crippen molar-refractivity contribution < 1.29 is 14.7 Å². The standard InChI is InChI=1S/C16H20ClNO3/c17-14-5-3-12(4-6-14)16(21)13-7-10-18(11-8-13)9-1-2-15(19)20/h3-6,13H,1-2,7-11H2,(H,19,20). The van der Waals surface area contributed by atoms with E-state index in [1.54, 1.807) is 24.3 Å². The molecule has 1 aromatic rings. The van der Waals surface area contributed by atoms with E-state index in [0.29, 0.717) is 11.4 Å². The van der Waals surface area contributed by atoms with Crippen molar-refractivity contribution in [3.8, 4) is 0 Å². The molecule has 0 spiro atoms. The molecule has 21 heavy (non-hydrogen) atoms. The number of aliphatic carboxylic acids is 1. The third-order valence-corrected chi connectivity index (χ3v) is 4.20. The van der Waals surface area contributed by atoms with Gasteiger partial charge in [-0.3, -0.25) is 9.59 Å². The Labute approximate surface area is 129 Å². The minimum Gasteiger partial charge on any atom is -0.481 e. The lowest BCUT2D eigenvalue weighted by molar-refractivity contribution is -0.137. The number of hydrogen-bond donors (Lipinski definition) is 1. The van der Waals surface area contributed by atoms with Gasteiger partial charge < -0.3 is 10.0 Å². The molecule has 1 aromatic carbocycles. The smallest absolute Gasteiger partial charge is 0.303 e. The number of carbonyl (C=O) groups excluding carboxylic acids is 1. The van der Waals surface area contributed by atoms with Crippen LogP contribution in [-0.4, -0.2) is 41.4 Å². The minimum absolute atomic E-state index is 0.0712. The molecule has 0 aromatic heterocycles. The van der Waals surface area contributed by atoms with E-state index in [1.807, 2.05) is 0 Å². The predicted molar refractivity (Wildman–Crippen MR) is 81.8 cm³/mol. The van der Waals surface area contributed by atoms with Gasteiger partial charge in [0.05, 0.1) is 0 Å². The monoisotopic (exact) mass is 309 g/mol. The highest BCUT2D eigenvalue weighted by atomic mass is 35.5. The average molecular weight is 310 g/mol. The largest absolute Gasteiger partial charge is 0.481 e. The number of benzene rings is 1. The molecule has 1 aliphatic rings. The zero-order chi connectivity index (χ0) is 15.2. The lowest BCUT2D eigenvalue weighted by Gasteiger charge is -2.31. The molecular formula is C16H20ClNO3. The molecule has 0 unspecified atom stereocenters. The van der Waals surface area contributed by atoms with Crippen LogP contribution in [0, 0.1) is 5.92 Å². The van der Waals surface area contributed by atoms with Gasteiger partial charge in [0.25, 0.3) is 0 Å². The fourth-order valence-electron chi connectivity index (χ4n) is 2.72. The molecule has 1 saturated heterocycles. The molecule has 114 valence electrons. The van der Waals surface area contributed by atoms with Gasteiger partial charge in [0.1, 0.15) is 0 Å². The zero-order valence-corrected chi connectivity index (χ0v) is 12.7. The number of nitrogens with zero attached hydrogens (tertiary/aromatic N) is 1. The number of rotatable bonds is 6. The maximum Gasteiger partial charge on any atom is 0.303 e. The fourth-order valence-corrected chi connectivity index (χ4v) is 2.85. The molecule has 2 rings (SSSR count). The molecule has 5 heteroatoms. The Morgan fingerprint density at radius 2 is 1.81 bits per heavy atom. The molecule has 1 heterocycles. The van der Waals surface area contributed by atoms with Crippen molar-refractivity contribution in [3.05, 3.63) is 34.9 Å². The Bertz CT molecular complexity index is 493. The molecule has 0 bridgehead atoms. The number of carbonyl (C=O) groups is 2. The summed E-state index contributed by atoms with van der Waals surface area (Å²) in [6.45, 7) is 2.53. The Kier molecular flexibility index (Phi) is 5.76.